The Balaban J connectivity index is 2.51. The molecule has 1 aromatic rings. The third kappa shape index (κ3) is 1.38. The van der Waals surface area contributed by atoms with Crippen molar-refractivity contribution in [3.05, 3.63) is 28.8 Å². The zero-order valence-corrected chi connectivity index (χ0v) is 8.29. The predicted octanol–water partition coefficient (Wildman–Crippen LogP) is 1.48. The summed E-state index contributed by atoms with van der Waals surface area (Å²) < 4.78 is 5.35. The maximum atomic E-state index is 9.77. The summed E-state index contributed by atoms with van der Waals surface area (Å²) in [6.07, 6.45) is 0. The first-order valence-corrected chi connectivity index (χ1v) is 4.85. The first-order chi connectivity index (χ1) is 6.74. The molecule has 1 aromatic carbocycles. The highest BCUT2D eigenvalue weighted by molar-refractivity contribution is 5.47. The minimum atomic E-state index is 0.187. The van der Waals surface area contributed by atoms with Crippen LogP contribution in [0.5, 0.6) is 5.75 Å². The standard InChI is InChI=1S/C11H15NO2/c1-7(4-12)11-9-6-14-5-8(9)2-3-10(11)13/h2-3,7,13H,4-6,12H2,1H3. The third-order valence-electron chi connectivity index (χ3n) is 2.78. The monoisotopic (exact) mass is 193 g/mol. The smallest absolute Gasteiger partial charge is 0.119 e. The highest BCUT2D eigenvalue weighted by atomic mass is 16.5. The summed E-state index contributed by atoms with van der Waals surface area (Å²) in [4.78, 5) is 0. The van der Waals surface area contributed by atoms with Crippen molar-refractivity contribution in [3.8, 4) is 5.75 Å². The van der Waals surface area contributed by atoms with Crippen molar-refractivity contribution in [1.82, 2.24) is 0 Å². The number of phenolic OH excluding ortho intramolecular Hbond substituents is 1. The minimum absolute atomic E-state index is 0.187. The zero-order valence-electron chi connectivity index (χ0n) is 8.29. The van der Waals surface area contributed by atoms with Crippen molar-refractivity contribution >= 4 is 0 Å². The molecule has 0 spiro atoms. The number of fused-ring (bicyclic) bond motifs is 1. The molecule has 1 aliphatic heterocycles. The summed E-state index contributed by atoms with van der Waals surface area (Å²) in [6, 6.07) is 3.65. The number of nitrogens with two attached hydrogens (primary N) is 1. The lowest BCUT2D eigenvalue weighted by molar-refractivity contribution is 0.134. The van der Waals surface area contributed by atoms with Crippen molar-refractivity contribution in [3.63, 3.8) is 0 Å². The molecular weight excluding hydrogens is 178 g/mol. The number of hydrogen-bond donors (Lipinski definition) is 2. The second kappa shape index (κ2) is 3.59. The van der Waals surface area contributed by atoms with Gasteiger partial charge in [0.15, 0.2) is 0 Å². The SMILES string of the molecule is CC(CN)c1c(O)ccc2c1COC2. The number of phenols is 1. The summed E-state index contributed by atoms with van der Waals surface area (Å²) >= 11 is 0. The molecule has 14 heavy (non-hydrogen) atoms. The number of ether oxygens (including phenoxy) is 1. The van der Waals surface area contributed by atoms with Gasteiger partial charge >= 0.3 is 0 Å². The van der Waals surface area contributed by atoms with Crippen LogP contribution in [0.1, 0.15) is 29.5 Å². The Kier molecular flexibility index (Phi) is 2.44. The Morgan fingerprint density at radius 3 is 3.00 bits per heavy atom. The van der Waals surface area contributed by atoms with E-state index in [1.165, 1.54) is 5.56 Å². The Labute approximate surface area is 83.5 Å². The van der Waals surface area contributed by atoms with Crippen LogP contribution in [-0.2, 0) is 18.0 Å². The number of rotatable bonds is 2. The van der Waals surface area contributed by atoms with Gasteiger partial charge in [-0.2, -0.15) is 0 Å². The molecule has 0 bridgehead atoms. The fraction of sp³-hybridized carbons (Fsp3) is 0.455. The third-order valence-corrected chi connectivity index (χ3v) is 2.78. The average Bonchev–Trinajstić information content (AvgIpc) is 2.64. The summed E-state index contributed by atoms with van der Waals surface area (Å²) in [7, 11) is 0. The molecule has 3 nitrogen and oxygen atoms in total. The molecule has 3 N–H and O–H groups in total. The Bertz CT molecular complexity index is 349. The van der Waals surface area contributed by atoms with E-state index >= 15 is 0 Å². The molecule has 0 fully saturated rings. The molecule has 0 aromatic heterocycles. The first-order valence-electron chi connectivity index (χ1n) is 4.85. The van der Waals surface area contributed by atoms with Crippen LogP contribution in [0, 0.1) is 0 Å². The van der Waals surface area contributed by atoms with Crippen LogP contribution in [0.2, 0.25) is 0 Å². The average molecular weight is 193 g/mol. The molecular formula is C11H15NO2. The van der Waals surface area contributed by atoms with Gasteiger partial charge in [-0.3, -0.25) is 0 Å². The van der Waals surface area contributed by atoms with Gasteiger partial charge < -0.3 is 15.6 Å². The molecule has 0 amide bonds. The summed E-state index contributed by atoms with van der Waals surface area (Å²) in [6.45, 7) is 3.82. The van der Waals surface area contributed by atoms with Crippen LogP contribution < -0.4 is 5.73 Å². The van der Waals surface area contributed by atoms with Gasteiger partial charge in [-0.05, 0) is 29.7 Å². The Hall–Kier alpha value is -1.06. The lowest BCUT2D eigenvalue weighted by Gasteiger charge is -2.15. The number of benzene rings is 1. The molecule has 0 saturated heterocycles. The molecule has 2 rings (SSSR count). The molecule has 1 atom stereocenters. The van der Waals surface area contributed by atoms with Crippen LogP contribution in [0.25, 0.3) is 0 Å². The van der Waals surface area contributed by atoms with Crippen molar-refractivity contribution in [2.45, 2.75) is 26.1 Å². The van der Waals surface area contributed by atoms with Gasteiger partial charge in [-0.15, -0.1) is 0 Å². The van der Waals surface area contributed by atoms with Crippen LogP contribution in [0.15, 0.2) is 12.1 Å². The molecule has 1 unspecified atom stereocenters. The molecule has 1 heterocycles. The Morgan fingerprint density at radius 1 is 1.50 bits per heavy atom. The molecule has 1 aliphatic rings. The van der Waals surface area contributed by atoms with Crippen LogP contribution in [0.3, 0.4) is 0 Å². The quantitative estimate of drug-likeness (QED) is 0.748. The van der Waals surface area contributed by atoms with E-state index in [1.807, 2.05) is 13.0 Å². The first kappa shape index (κ1) is 9.49. The fourth-order valence-corrected chi connectivity index (χ4v) is 1.93. The van der Waals surface area contributed by atoms with E-state index in [0.29, 0.717) is 25.5 Å². The molecule has 76 valence electrons. The highest BCUT2D eigenvalue weighted by Crippen LogP contribution is 2.34. The van der Waals surface area contributed by atoms with Gasteiger partial charge in [0, 0.05) is 5.56 Å². The van der Waals surface area contributed by atoms with Gasteiger partial charge in [0.05, 0.1) is 13.2 Å². The van der Waals surface area contributed by atoms with Crippen molar-refractivity contribution in [2.24, 2.45) is 5.73 Å². The molecule has 0 aliphatic carbocycles. The lowest BCUT2D eigenvalue weighted by Crippen LogP contribution is -2.11. The zero-order chi connectivity index (χ0) is 10.1. The second-order valence-corrected chi connectivity index (χ2v) is 3.77. The Morgan fingerprint density at radius 2 is 2.29 bits per heavy atom. The minimum Gasteiger partial charge on any atom is -0.508 e. The van der Waals surface area contributed by atoms with E-state index in [0.717, 1.165) is 11.1 Å². The molecule has 0 saturated carbocycles. The van der Waals surface area contributed by atoms with Crippen LogP contribution in [-0.4, -0.2) is 11.7 Å². The van der Waals surface area contributed by atoms with Crippen molar-refractivity contribution < 1.29 is 9.84 Å². The van der Waals surface area contributed by atoms with Gasteiger partial charge in [0.25, 0.3) is 0 Å². The van der Waals surface area contributed by atoms with Gasteiger partial charge in [-0.1, -0.05) is 13.0 Å². The number of hydrogen-bond acceptors (Lipinski definition) is 3. The maximum Gasteiger partial charge on any atom is 0.119 e. The van der Waals surface area contributed by atoms with E-state index < -0.39 is 0 Å². The normalized spacial score (nSPS) is 16.7. The topological polar surface area (TPSA) is 55.5 Å². The van der Waals surface area contributed by atoms with Gasteiger partial charge in [-0.25, -0.2) is 0 Å². The van der Waals surface area contributed by atoms with E-state index in [1.54, 1.807) is 6.07 Å². The maximum absolute atomic E-state index is 9.77. The van der Waals surface area contributed by atoms with E-state index in [2.05, 4.69) is 0 Å². The van der Waals surface area contributed by atoms with Crippen LogP contribution in [0.4, 0.5) is 0 Å². The van der Waals surface area contributed by atoms with E-state index in [4.69, 9.17) is 10.5 Å². The largest absolute Gasteiger partial charge is 0.508 e. The van der Waals surface area contributed by atoms with Gasteiger partial charge in [0.1, 0.15) is 5.75 Å². The van der Waals surface area contributed by atoms with Crippen molar-refractivity contribution in [1.29, 1.82) is 0 Å². The fourth-order valence-electron chi connectivity index (χ4n) is 1.93. The van der Waals surface area contributed by atoms with Gasteiger partial charge in [0.2, 0.25) is 0 Å². The summed E-state index contributed by atoms with van der Waals surface area (Å²) in [5.74, 6) is 0.527. The van der Waals surface area contributed by atoms with E-state index in [-0.39, 0.29) is 5.92 Å². The van der Waals surface area contributed by atoms with E-state index in [9.17, 15) is 5.11 Å². The second-order valence-electron chi connectivity index (χ2n) is 3.77. The lowest BCUT2D eigenvalue weighted by atomic mass is 9.92. The van der Waals surface area contributed by atoms with Crippen LogP contribution >= 0.6 is 0 Å². The van der Waals surface area contributed by atoms with Crippen molar-refractivity contribution in [2.75, 3.05) is 6.54 Å². The molecule has 0 radical (unpaired) electrons. The summed E-state index contributed by atoms with van der Waals surface area (Å²) in [5.41, 5.74) is 8.88. The number of aromatic hydroxyl groups is 1. The highest BCUT2D eigenvalue weighted by Gasteiger charge is 2.21. The molecule has 3 heteroatoms. The summed E-state index contributed by atoms with van der Waals surface area (Å²) in [5, 5.41) is 9.77. The predicted molar refractivity (Wildman–Crippen MR) is 54.1 cm³/mol.